The van der Waals surface area contributed by atoms with E-state index in [1.54, 1.807) is 11.8 Å². The predicted molar refractivity (Wildman–Crippen MR) is 68.8 cm³/mol. The summed E-state index contributed by atoms with van der Waals surface area (Å²) in [6.07, 6.45) is 0. The topological polar surface area (TPSA) is 42.7 Å². The van der Waals surface area contributed by atoms with Gasteiger partial charge in [0.25, 0.3) is 0 Å². The minimum absolute atomic E-state index is 0.534. The molecule has 1 N–H and O–H groups in total. The maximum absolute atomic E-state index is 4.15. The van der Waals surface area contributed by atoms with Crippen molar-refractivity contribution in [3.8, 4) is 0 Å². The van der Waals surface area contributed by atoms with Crippen LogP contribution in [0.5, 0.6) is 0 Å². The van der Waals surface area contributed by atoms with E-state index >= 15 is 0 Å². The van der Waals surface area contributed by atoms with E-state index in [1.807, 2.05) is 18.5 Å². The van der Waals surface area contributed by atoms with Crippen LogP contribution >= 0.6 is 11.8 Å². The Hall–Kier alpha value is -0.550. The summed E-state index contributed by atoms with van der Waals surface area (Å²) in [7, 11) is 2.01. The molecule has 1 unspecified atom stereocenters. The zero-order valence-electron chi connectivity index (χ0n) is 10.8. The Bertz CT molecular complexity index is 322. The molecule has 1 aromatic heterocycles. The summed E-state index contributed by atoms with van der Waals surface area (Å²) in [5.74, 6) is 2.64. The Morgan fingerprint density at radius 1 is 1.38 bits per heavy atom. The number of rotatable bonds is 6. The van der Waals surface area contributed by atoms with E-state index in [1.165, 1.54) is 0 Å². The number of nitrogens with one attached hydrogen (secondary N) is 1. The first kappa shape index (κ1) is 13.5. The Morgan fingerprint density at radius 3 is 2.50 bits per heavy atom. The fourth-order valence-electron chi connectivity index (χ4n) is 1.43. The molecule has 1 heterocycles. The van der Waals surface area contributed by atoms with Crippen LogP contribution in [0.3, 0.4) is 0 Å². The third-order valence-corrected chi connectivity index (χ3v) is 3.86. The van der Waals surface area contributed by atoms with Crippen molar-refractivity contribution in [3.05, 3.63) is 5.82 Å². The number of hydrogen-bond donors (Lipinski definition) is 1. The third kappa shape index (κ3) is 3.49. The fourth-order valence-corrected chi connectivity index (χ4v) is 2.68. The highest BCUT2D eigenvalue weighted by atomic mass is 32.2. The fraction of sp³-hybridized carbons (Fsp3) is 0.818. The molecule has 0 spiro atoms. The van der Waals surface area contributed by atoms with E-state index in [-0.39, 0.29) is 0 Å². The van der Waals surface area contributed by atoms with Crippen molar-refractivity contribution in [1.82, 2.24) is 20.1 Å². The zero-order valence-corrected chi connectivity index (χ0v) is 11.6. The van der Waals surface area contributed by atoms with Gasteiger partial charge in [0.2, 0.25) is 0 Å². The van der Waals surface area contributed by atoms with E-state index in [9.17, 15) is 0 Å². The number of hydrogen-bond acceptors (Lipinski definition) is 4. The van der Waals surface area contributed by atoms with Gasteiger partial charge in [0, 0.05) is 18.8 Å². The summed E-state index contributed by atoms with van der Waals surface area (Å²) in [5.41, 5.74) is 0. The molecule has 0 fully saturated rings. The Kier molecular flexibility index (Phi) is 5.28. The molecule has 0 aliphatic heterocycles. The van der Waals surface area contributed by atoms with E-state index < -0.39 is 0 Å². The number of aryl methyl sites for hydroxylation is 1. The second-order valence-corrected chi connectivity index (χ2v) is 5.30. The summed E-state index contributed by atoms with van der Waals surface area (Å²) in [4.78, 5) is 0. The van der Waals surface area contributed by atoms with Crippen LogP contribution in [-0.2, 0) is 7.05 Å². The van der Waals surface area contributed by atoms with Crippen molar-refractivity contribution in [2.45, 2.75) is 38.9 Å². The van der Waals surface area contributed by atoms with E-state index in [0.717, 1.165) is 23.3 Å². The molecular weight excluding hydrogens is 220 g/mol. The summed E-state index contributed by atoms with van der Waals surface area (Å²) in [5, 5.41) is 12.7. The Balaban J connectivity index is 2.52. The highest BCUT2D eigenvalue weighted by molar-refractivity contribution is 7.99. The summed E-state index contributed by atoms with van der Waals surface area (Å²) in [6.45, 7) is 9.63. The third-order valence-electron chi connectivity index (χ3n) is 2.72. The van der Waals surface area contributed by atoms with Crippen LogP contribution in [0.1, 0.15) is 26.6 Å². The second-order valence-electron chi connectivity index (χ2n) is 4.31. The van der Waals surface area contributed by atoms with Gasteiger partial charge in [-0.25, -0.2) is 0 Å². The van der Waals surface area contributed by atoms with Gasteiger partial charge in [-0.05, 0) is 19.4 Å². The van der Waals surface area contributed by atoms with Crippen LogP contribution in [-0.4, -0.2) is 33.1 Å². The lowest BCUT2D eigenvalue weighted by atomic mass is 10.1. The van der Waals surface area contributed by atoms with Gasteiger partial charge in [0.05, 0.1) is 0 Å². The molecule has 0 aliphatic rings. The van der Waals surface area contributed by atoms with Crippen LogP contribution in [0.15, 0.2) is 5.16 Å². The van der Waals surface area contributed by atoms with Crippen molar-refractivity contribution in [2.24, 2.45) is 13.0 Å². The van der Waals surface area contributed by atoms with E-state index in [0.29, 0.717) is 12.0 Å². The van der Waals surface area contributed by atoms with Crippen molar-refractivity contribution in [2.75, 3.05) is 12.3 Å². The first-order valence-corrected chi connectivity index (χ1v) is 6.77. The standard InChI is InChI=1S/C11H22N4S/c1-6-12-10(8(2)3)7-16-11-14-13-9(4)15(11)5/h8,10,12H,6-7H2,1-5H3. The monoisotopic (exact) mass is 242 g/mol. The molecule has 1 aromatic rings. The Labute approximate surface area is 102 Å². The van der Waals surface area contributed by atoms with E-state index in [4.69, 9.17) is 0 Å². The molecule has 92 valence electrons. The highest BCUT2D eigenvalue weighted by Crippen LogP contribution is 2.18. The lowest BCUT2D eigenvalue weighted by molar-refractivity contribution is 0.443. The molecule has 1 rings (SSSR count). The van der Waals surface area contributed by atoms with Crippen molar-refractivity contribution in [1.29, 1.82) is 0 Å². The van der Waals surface area contributed by atoms with Gasteiger partial charge in [-0.1, -0.05) is 32.5 Å². The Morgan fingerprint density at radius 2 is 2.06 bits per heavy atom. The quantitative estimate of drug-likeness (QED) is 0.773. The molecule has 0 saturated heterocycles. The zero-order chi connectivity index (χ0) is 12.1. The summed E-state index contributed by atoms with van der Waals surface area (Å²) < 4.78 is 2.04. The van der Waals surface area contributed by atoms with Gasteiger partial charge in [0.15, 0.2) is 5.16 Å². The average molecular weight is 242 g/mol. The first-order chi connectivity index (χ1) is 7.56. The van der Waals surface area contributed by atoms with Crippen LogP contribution in [0.4, 0.5) is 0 Å². The van der Waals surface area contributed by atoms with Gasteiger partial charge in [-0.3, -0.25) is 0 Å². The molecule has 0 saturated carbocycles. The van der Waals surface area contributed by atoms with Crippen LogP contribution in [0, 0.1) is 12.8 Å². The van der Waals surface area contributed by atoms with Crippen LogP contribution in [0.2, 0.25) is 0 Å². The normalized spacial score (nSPS) is 13.4. The lowest BCUT2D eigenvalue weighted by Crippen LogP contribution is -2.35. The first-order valence-electron chi connectivity index (χ1n) is 5.78. The number of thioether (sulfide) groups is 1. The van der Waals surface area contributed by atoms with Crippen molar-refractivity contribution in [3.63, 3.8) is 0 Å². The van der Waals surface area contributed by atoms with Gasteiger partial charge >= 0.3 is 0 Å². The molecule has 0 amide bonds. The molecule has 5 heteroatoms. The van der Waals surface area contributed by atoms with Gasteiger partial charge in [-0.15, -0.1) is 10.2 Å². The van der Waals surface area contributed by atoms with Crippen molar-refractivity contribution < 1.29 is 0 Å². The van der Waals surface area contributed by atoms with Gasteiger partial charge in [0.1, 0.15) is 5.82 Å². The second kappa shape index (κ2) is 6.25. The molecule has 0 aliphatic carbocycles. The molecule has 4 nitrogen and oxygen atoms in total. The summed E-state index contributed by atoms with van der Waals surface area (Å²) in [6, 6.07) is 0.534. The minimum Gasteiger partial charge on any atom is -0.313 e. The molecule has 16 heavy (non-hydrogen) atoms. The highest BCUT2D eigenvalue weighted by Gasteiger charge is 2.14. The molecule has 0 aromatic carbocycles. The van der Waals surface area contributed by atoms with Crippen LogP contribution in [0.25, 0.3) is 0 Å². The van der Waals surface area contributed by atoms with Crippen LogP contribution < -0.4 is 5.32 Å². The summed E-state index contributed by atoms with van der Waals surface area (Å²) >= 11 is 1.77. The largest absolute Gasteiger partial charge is 0.313 e. The van der Waals surface area contributed by atoms with Crippen molar-refractivity contribution >= 4 is 11.8 Å². The molecule has 0 radical (unpaired) electrons. The molecule has 0 bridgehead atoms. The predicted octanol–water partition coefficient (Wildman–Crippen LogP) is 1.85. The van der Waals surface area contributed by atoms with E-state index in [2.05, 4.69) is 36.3 Å². The lowest BCUT2D eigenvalue weighted by Gasteiger charge is -2.20. The molecule has 1 atom stereocenters. The minimum atomic E-state index is 0.534. The van der Waals surface area contributed by atoms with Gasteiger partial charge < -0.3 is 9.88 Å². The maximum Gasteiger partial charge on any atom is 0.190 e. The molecular formula is C11H22N4S. The SMILES string of the molecule is CCNC(CSc1nnc(C)n1C)C(C)C. The maximum atomic E-state index is 4.15. The number of nitrogens with zero attached hydrogens (tertiary/aromatic N) is 3. The smallest absolute Gasteiger partial charge is 0.190 e. The number of aromatic nitrogens is 3. The average Bonchev–Trinajstić information content (AvgIpc) is 2.55. The van der Waals surface area contributed by atoms with Gasteiger partial charge in [-0.2, -0.15) is 0 Å².